The summed E-state index contributed by atoms with van der Waals surface area (Å²) in [6.45, 7) is 7.35. The highest BCUT2D eigenvalue weighted by atomic mass is 31.1. The van der Waals surface area contributed by atoms with E-state index in [0.29, 0.717) is 0 Å². The zero-order chi connectivity index (χ0) is 15.8. The van der Waals surface area contributed by atoms with Crippen molar-refractivity contribution in [2.45, 2.75) is 46.5 Å². The average Bonchev–Trinajstić information content (AvgIpc) is 2.53. The summed E-state index contributed by atoms with van der Waals surface area (Å²) in [4.78, 5) is 0. The minimum Gasteiger partial charge on any atom is -0.350 e. The maximum atomic E-state index is 6.31. The highest BCUT2D eigenvalue weighted by Gasteiger charge is 2.14. The van der Waals surface area contributed by atoms with Crippen molar-refractivity contribution in [3.8, 4) is 0 Å². The van der Waals surface area contributed by atoms with Crippen LogP contribution < -0.4 is 10.6 Å². The fourth-order valence-corrected chi connectivity index (χ4v) is 4.09. The van der Waals surface area contributed by atoms with Crippen LogP contribution in [-0.4, -0.2) is 6.61 Å². The van der Waals surface area contributed by atoms with Gasteiger partial charge in [0.2, 0.25) is 0 Å². The largest absolute Gasteiger partial charge is 0.350 e. The Kier molecular flexibility index (Phi) is 7.09. The van der Waals surface area contributed by atoms with E-state index in [2.05, 4.69) is 69.3 Å². The molecule has 0 saturated heterocycles. The van der Waals surface area contributed by atoms with E-state index in [1.165, 1.54) is 41.0 Å². The molecule has 0 amide bonds. The molecule has 0 bridgehead atoms. The monoisotopic (exact) mass is 314 g/mol. The van der Waals surface area contributed by atoms with Crippen molar-refractivity contribution < 1.29 is 4.52 Å². The maximum Gasteiger partial charge on any atom is 0.0917 e. The standard InChI is InChI=1S/C20H27OP/c1-4-5-6-7-16-21-22(19-12-8-17(2)9-13-19)20-14-10-18(3)11-15-20/h8-15H,4-7,16H2,1-3H3. The van der Waals surface area contributed by atoms with E-state index in [9.17, 15) is 0 Å². The smallest absolute Gasteiger partial charge is 0.0917 e. The summed E-state index contributed by atoms with van der Waals surface area (Å²) < 4.78 is 6.31. The molecule has 22 heavy (non-hydrogen) atoms. The molecule has 2 aromatic rings. The van der Waals surface area contributed by atoms with Gasteiger partial charge in [0.25, 0.3) is 0 Å². The van der Waals surface area contributed by atoms with Gasteiger partial charge in [0, 0.05) is 10.6 Å². The van der Waals surface area contributed by atoms with E-state index in [1.807, 2.05) is 0 Å². The zero-order valence-electron chi connectivity index (χ0n) is 14.0. The number of benzene rings is 2. The van der Waals surface area contributed by atoms with Gasteiger partial charge in [-0.2, -0.15) is 0 Å². The summed E-state index contributed by atoms with van der Waals surface area (Å²) in [7, 11) is -0.697. The summed E-state index contributed by atoms with van der Waals surface area (Å²) in [6.07, 6.45) is 4.99. The Bertz CT molecular complexity index is 499. The molecule has 0 fully saturated rings. The second-order valence-corrected chi connectivity index (χ2v) is 7.74. The Morgan fingerprint density at radius 1 is 0.727 bits per heavy atom. The molecule has 118 valence electrons. The Labute approximate surface area is 136 Å². The van der Waals surface area contributed by atoms with Crippen molar-refractivity contribution in [3.05, 3.63) is 59.7 Å². The highest BCUT2D eigenvalue weighted by molar-refractivity contribution is 7.68. The van der Waals surface area contributed by atoms with Crippen LogP contribution in [0.25, 0.3) is 0 Å². The van der Waals surface area contributed by atoms with Crippen molar-refractivity contribution in [3.63, 3.8) is 0 Å². The van der Waals surface area contributed by atoms with Gasteiger partial charge in [-0.25, -0.2) is 0 Å². The molecule has 0 heterocycles. The molecule has 0 unspecified atom stereocenters. The molecule has 0 spiro atoms. The lowest BCUT2D eigenvalue weighted by molar-refractivity contribution is 0.344. The van der Waals surface area contributed by atoms with Gasteiger partial charge >= 0.3 is 0 Å². The highest BCUT2D eigenvalue weighted by Crippen LogP contribution is 2.35. The van der Waals surface area contributed by atoms with Gasteiger partial charge in [-0.05, 0) is 20.3 Å². The molecule has 0 radical (unpaired) electrons. The Balaban J connectivity index is 2.10. The van der Waals surface area contributed by atoms with Gasteiger partial charge in [-0.1, -0.05) is 85.8 Å². The molecule has 0 atom stereocenters. The third-order valence-electron chi connectivity index (χ3n) is 3.76. The van der Waals surface area contributed by atoms with Crippen LogP contribution in [0.15, 0.2) is 48.5 Å². The second kappa shape index (κ2) is 9.08. The minimum atomic E-state index is -0.697. The molecule has 0 aromatic heterocycles. The third kappa shape index (κ3) is 5.23. The summed E-state index contributed by atoms with van der Waals surface area (Å²) in [5, 5.41) is 2.61. The lowest BCUT2D eigenvalue weighted by Gasteiger charge is -2.19. The fourth-order valence-electron chi connectivity index (χ4n) is 2.34. The van der Waals surface area contributed by atoms with E-state index in [1.54, 1.807) is 0 Å². The predicted octanol–water partition coefficient (Wildman–Crippen LogP) is 5.25. The molecule has 0 N–H and O–H groups in total. The predicted molar refractivity (Wildman–Crippen MR) is 98.6 cm³/mol. The van der Waals surface area contributed by atoms with Gasteiger partial charge in [0.1, 0.15) is 0 Å². The first kappa shape index (κ1) is 17.2. The first-order valence-corrected chi connectivity index (χ1v) is 9.53. The Morgan fingerprint density at radius 2 is 1.23 bits per heavy atom. The molecular weight excluding hydrogens is 287 g/mol. The molecule has 1 nitrogen and oxygen atoms in total. The van der Waals surface area contributed by atoms with Crippen LogP contribution in [0.3, 0.4) is 0 Å². The van der Waals surface area contributed by atoms with Crippen LogP contribution in [-0.2, 0) is 4.52 Å². The van der Waals surface area contributed by atoms with Gasteiger partial charge in [0.15, 0.2) is 0 Å². The normalized spacial score (nSPS) is 11.1. The lowest BCUT2D eigenvalue weighted by atomic mass is 10.2. The number of hydrogen-bond acceptors (Lipinski definition) is 1. The van der Waals surface area contributed by atoms with Gasteiger partial charge in [-0.3, -0.25) is 0 Å². The first-order valence-electron chi connectivity index (χ1n) is 8.27. The van der Waals surface area contributed by atoms with Crippen LogP contribution >= 0.6 is 8.15 Å². The summed E-state index contributed by atoms with van der Waals surface area (Å²) in [5.41, 5.74) is 2.59. The molecule has 2 rings (SSSR count). The molecule has 2 aromatic carbocycles. The minimum absolute atomic E-state index is 0.697. The number of rotatable bonds is 8. The number of aryl methyl sites for hydroxylation is 2. The fraction of sp³-hybridized carbons (Fsp3) is 0.400. The maximum absolute atomic E-state index is 6.31. The molecular formula is C20H27OP. The van der Waals surface area contributed by atoms with Gasteiger partial charge in [0.05, 0.1) is 14.8 Å². The Morgan fingerprint density at radius 3 is 1.68 bits per heavy atom. The summed E-state index contributed by atoms with van der Waals surface area (Å²) in [6, 6.07) is 17.6. The summed E-state index contributed by atoms with van der Waals surface area (Å²) in [5.74, 6) is 0. The van der Waals surface area contributed by atoms with Crippen molar-refractivity contribution in [1.29, 1.82) is 0 Å². The number of unbranched alkanes of at least 4 members (excludes halogenated alkanes) is 3. The zero-order valence-corrected chi connectivity index (χ0v) is 14.9. The molecule has 0 aliphatic heterocycles. The van der Waals surface area contributed by atoms with Crippen LogP contribution in [0.1, 0.15) is 43.7 Å². The van der Waals surface area contributed by atoms with E-state index in [0.717, 1.165) is 13.0 Å². The van der Waals surface area contributed by atoms with Crippen LogP contribution in [0.4, 0.5) is 0 Å². The van der Waals surface area contributed by atoms with Crippen molar-refractivity contribution in [1.82, 2.24) is 0 Å². The van der Waals surface area contributed by atoms with Gasteiger partial charge in [-0.15, -0.1) is 0 Å². The summed E-state index contributed by atoms with van der Waals surface area (Å²) >= 11 is 0. The van der Waals surface area contributed by atoms with Crippen molar-refractivity contribution in [2.24, 2.45) is 0 Å². The van der Waals surface area contributed by atoms with Crippen molar-refractivity contribution >= 4 is 18.8 Å². The van der Waals surface area contributed by atoms with Gasteiger partial charge < -0.3 is 4.52 Å². The lowest BCUT2D eigenvalue weighted by Crippen LogP contribution is -2.14. The molecule has 0 aliphatic rings. The van der Waals surface area contributed by atoms with Crippen LogP contribution in [0.2, 0.25) is 0 Å². The van der Waals surface area contributed by atoms with E-state index >= 15 is 0 Å². The van der Waals surface area contributed by atoms with Crippen molar-refractivity contribution in [2.75, 3.05) is 6.61 Å². The van der Waals surface area contributed by atoms with Crippen LogP contribution in [0, 0.1) is 13.8 Å². The topological polar surface area (TPSA) is 9.23 Å². The molecule has 0 saturated carbocycles. The first-order chi connectivity index (χ1) is 10.7. The third-order valence-corrected chi connectivity index (χ3v) is 5.73. The quantitative estimate of drug-likeness (QED) is 0.478. The number of hydrogen-bond donors (Lipinski definition) is 0. The average molecular weight is 314 g/mol. The second-order valence-electron chi connectivity index (χ2n) is 5.86. The Hall–Kier alpha value is -1.17. The van der Waals surface area contributed by atoms with E-state index < -0.39 is 8.15 Å². The van der Waals surface area contributed by atoms with Crippen LogP contribution in [0.5, 0.6) is 0 Å². The molecule has 2 heteroatoms. The van der Waals surface area contributed by atoms with E-state index in [-0.39, 0.29) is 0 Å². The van der Waals surface area contributed by atoms with E-state index in [4.69, 9.17) is 4.52 Å². The SMILES string of the molecule is CCCCCCOP(c1ccc(C)cc1)c1ccc(C)cc1. The molecule has 0 aliphatic carbocycles.